The first-order valence-electron chi connectivity index (χ1n) is 11.9. The molecule has 0 N–H and O–H groups in total. The van der Waals surface area contributed by atoms with Crippen molar-refractivity contribution in [3.05, 3.63) is 96.1 Å². The van der Waals surface area contributed by atoms with Crippen LogP contribution in [0.3, 0.4) is 0 Å². The van der Waals surface area contributed by atoms with E-state index in [4.69, 9.17) is 9.47 Å². The van der Waals surface area contributed by atoms with Crippen LogP contribution in [0.15, 0.2) is 84.9 Å². The highest BCUT2D eigenvalue weighted by atomic mass is 16.5. The Morgan fingerprint density at radius 2 is 1.53 bits per heavy atom. The predicted octanol–water partition coefficient (Wildman–Crippen LogP) is 6.22. The molecule has 1 fully saturated rings. The van der Waals surface area contributed by atoms with Crippen LogP contribution in [0.5, 0.6) is 11.5 Å². The zero-order chi connectivity index (χ0) is 23.3. The van der Waals surface area contributed by atoms with Crippen molar-refractivity contribution < 1.29 is 14.3 Å². The third-order valence-electron chi connectivity index (χ3n) is 6.54. The zero-order valence-corrected chi connectivity index (χ0v) is 19.5. The van der Waals surface area contributed by atoms with Gasteiger partial charge in [0.15, 0.2) is 5.78 Å². The Balaban J connectivity index is 1.45. The van der Waals surface area contributed by atoms with Gasteiger partial charge in [0.1, 0.15) is 18.1 Å². The third-order valence-corrected chi connectivity index (χ3v) is 6.54. The molecule has 0 spiro atoms. The molecule has 1 saturated heterocycles. The molecule has 0 aromatic heterocycles. The number of ether oxygens (including phenoxy) is 2. The number of rotatable bonds is 8. The van der Waals surface area contributed by atoms with E-state index in [0.717, 1.165) is 39.9 Å². The lowest BCUT2D eigenvalue weighted by Crippen LogP contribution is -2.25. The molecule has 4 aromatic carbocycles. The van der Waals surface area contributed by atoms with E-state index in [1.165, 1.54) is 25.9 Å². The summed E-state index contributed by atoms with van der Waals surface area (Å²) in [5.74, 6) is 1.58. The van der Waals surface area contributed by atoms with Crippen molar-refractivity contribution in [2.45, 2.75) is 12.8 Å². The van der Waals surface area contributed by atoms with E-state index < -0.39 is 0 Å². The average molecular weight is 452 g/mol. The first kappa shape index (κ1) is 22.2. The Morgan fingerprint density at radius 3 is 2.26 bits per heavy atom. The van der Waals surface area contributed by atoms with Crippen molar-refractivity contribution in [3.63, 3.8) is 0 Å². The van der Waals surface area contributed by atoms with E-state index >= 15 is 0 Å². The minimum absolute atomic E-state index is 0.00524. The Labute approximate surface area is 200 Å². The van der Waals surface area contributed by atoms with Crippen LogP contribution in [0.4, 0.5) is 0 Å². The van der Waals surface area contributed by atoms with Gasteiger partial charge in [-0.15, -0.1) is 0 Å². The van der Waals surface area contributed by atoms with Crippen molar-refractivity contribution in [2.75, 3.05) is 33.4 Å². The van der Waals surface area contributed by atoms with Crippen LogP contribution in [0.25, 0.3) is 21.9 Å². The first-order valence-corrected chi connectivity index (χ1v) is 11.9. The van der Waals surface area contributed by atoms with Gasteiger partial charge < -0.3 is 9.47 Å². The van der Waals surface area contributed by atoms with Gasteiger partial charge in [-0.3, -0.25) is 9.69 Å². The number of benzene rings is 4. The summed E-state index contributed by atoms with van der Waals surface area (Å²) in [6.45, 7) is 4.00. The maximum absolute atomic E-state index is 13.5. The lowest BCUT2D eigenvalue weighted by atomic mass is 9.89. The SMILES string of the molecule is COc1ccc(C(=O)c2ccc3ccccc3c2-c2ccc(OCCN3CCCC3)cc2)cc1. The number of ketones is 1. The van der Waals surface area contributed by atoms with Crippen LogP contribution < -0.4 is 9.47 Å². The largest absolute Gasteiger partial charge is 0.497 e. The van der Waals surface area contributed by atoms with Crippen molar-refractivity contribution in [3.8, 4) is 22.6 Å². The topological polar surface area (TPSA) is 38.8 Å². The van der Waals surface area contributed by atoms with Gasteiger partial charge in [-0.05, 0) is 84.7 Å². The Bertz CT molecular complexity index is 1270. The van der Waals surface area contributed by atoms with E-state index in [0.29, 0.717) is 17.7 Å². The molecule has 172 valence electrons. The molecule has 0 unspecified atom stereocenters. The number of nitrogens with zero attached hydrogens (tertiary/aromatic N) is 1. The predicted molar refractivity (Wildman–Crippen MR) is 137 cm³/mol. The lowest BCUT2D eigenvalue weighted by Gasteiger charge is -2.16. The molecule has 5 rings (SSSR count). The summed E-state index contributed by atoms with van der Waals surface area (Å²) in [5, 5.41) is 2.17. The van der Waals surface area contributed by atoms with E-state index in [2.05, 4.69) is 29.2 Å². The molecule has 0 radical (unpaired) electrons. The number of hydrogen-bond acceptors (Lipinski definition) is 4. The summed E-state index contributed by atoms with van der Waals surface area (Å²) in [6, 6.07) is 27.5. The fourth-order valence-corrected chi connectivity index (χ4v) is 4.69. The van der Waals surface area contributed by atoms with Gasteiger partial charge in [0, 0.05) is 23.2 Å². The monoisotopic (exact) mass is 451 g/mol. The molecule has 1 aliphatic rings. The number of hydrogen-bond donors (Lipinski definition) is 0. The van der Waals surface area contributed by atoms with Crippen LogP contribution in [0, 0.1) is 0 Å². The van der Waals surface area contributed by atoms with Gasteiger partial charge in [-0.25, -0.2) is 0 Å². The number of fused-ring (bicyclic) bond motifs is 1. The molecule has 1 aliphatic heterocycles. The summed E-state index contributed by atoms with van der Waals surface area (Å²) in [4.78, 5) is 16.0. The van der Waals surface area contributed by atoms with Gasteiger partial charge in [0.05, 0.1) is 7.11 Å². The van der Waals surface area contributed by atoms with Crippen molar-refractivity contribution in [1.82, 2.24) is 4.90 Å². The van der Waals surface area contributed by atoms with Gasteiger partial charge in [0.25, 0.3) is 0 Å². The Hall–Kier alpha value is -3.63. The minimum atomic E-state index is -0.00524. The second-order valence-electron chi connectivity index (χ2n) is 8.69. The van der Waals surface area contributed by atoms with Crippen LogP contribution in [-0.2, 0) is 0 Å². The molecule has 0 saturated carbocycles. The normalized spacial score (nSPS) is 13.8. The third kappa shape index (κ3) is 4.68. The number of carbonyl (C=O) groups excluding carboxylic acids is 1. The summed E-state index contributed by atoms with van der Waals surface area (Å²) in [6.07, 6.45) is 2.58. The number of likely N-dealkylation sites (tertiary alicyclic amines) is 1. The Morgan fingerprint density at radius 1 is 0.824 bits per heavy atom. The fourth-order valence-electron chi connectivity index (χ4n) is 4.69. The van der Waals surface area contributed by atoms with E-state index in [-0.39, 0.29) is 5.78 Å². The fraction of sp³-hybridized carbons (Fsp3) is 0.233. The molecular formula is C30H29NO3. The summed E-state index contributed by atoms with van der Waals surface area (Å²) in [7, 11) is 1.62. The lowest BCUT2D eigenvalue weighted by molar-refractivity contribution is 0.103. The van der Waals surface area contributed by atoms with Gasteiger partial charge in [-0.1, -0.05) is 42.5 Å². The quantitative estimate of drug-likeness (QED) is 0.298. The number of methoxy groups -OCH3 is 1. The van der Waals surface area contributed by atoms with Crippen molar-refractivity contribution in [2.24, 2.45) is 0 Å². The highest BCUT2D eigenvalue weighted by Crippen LogP contribution is 2.34. The maximum atomic E-state index is 13.5. The van der Waals surface area contributed by atoms with E-state index in [9.17, 15) is 4.79 Å². The van der Waals surface area contributed by atoms with Crippen LogP contribution in [-0.4, -0.2) is 44.0 Å². The Kier molecular flexibility index (Phi) is 6.59. The summed E-state index contributed by atoms with van der Waals surface area (Å²) < 4.78 is 11.2. The molecule has 0 atom stereocenters. The molecule has 4 heteroatoms. The molecule has 4 aromatic rings. The average Bonchev–Trinajstić information content (AvgIpc) is 3.42. The summed E-state index contributed by atoms with van der Waals surface area (Å²) >= 11 is 0. The van der Waals surface area contributed by atoms with Crippen LogP contribution in [0.2, 0.25) is 0 Å². The van der Waals surface area contributed by atoms with Crippen molar-refractivity contribution >= 4 is 16.6 Å². The molecule has 0 bridgehead atoms. The molecule has 34 heavy (non-hydrogen) atoms. The van der Waals surface area contributed by atoms with Crippen LogP contribution >= 0.6 is 0 Å². The van der Waals surface area contributed by atoms with Gasteiger partial charge in [-0.2, -0.15) is 0 Å². The molecular weight excluding hydrogens is 422 g/mol. The molecule has 1 heterocycles. The van der Waals surface area contributed by atoms with Gasteiger partial charge in [0.2, 0.25) is 0 Å². The minimum Gasteiger partial charge on any atom is -0.497 e. The van der Waals surface area contributed by atoms with E-state index in [1.807, 2.05) is 60.7 Å². The first-order chi connectivity index (χ1) is 16.7. The highest BCUT2D eigenvalue weighted by Gasteiger charge is 2.18. The highest BCUT2D eigenvalue weighted by molar-refractivity contribution is 6.17. The van der Waals surface area contributed by atoms with Gasteiger partial charge >= 0.3 is 0 Å². The maximum Gasteiger partial charge on any atom is 0.193 e. The molecule has 4 nitrogen and oxygen atoms in total. The van der Waals surface area contributed by atoms with Crippen LogP contribution in [0.1, 0.15) is 28.8 Å². The standard InChI is InChI=1S/C30H29NO3/c1-33-25-13-10-24(11-14-25)30(32)28-17-12-22-6-2-3-7-27(22)29(28)23-8-15-26(16-9-23)34-21-20-31-18-4-5-19-31/h2-3,6-17H,4-5,18-21H2,1H3. The molecule has 0 amide bonds. The zero-order valence-electron chi connectivity index (χ0n) is 19.5. The smallest absolute Gasteiger partial charge is 0.193 e. The summed E-state index contributed by atoms with van der Waals surface area (Å²) in [5.41, 5.74) is 3.27. The molecule has 0 aliphatic carbocycles. The van der Waals surface area contributed by atoms with E-state index in [1.54, 1.807) is 7.11 Å². The second kappa shape index (κ2) is 10.1. The van der Waals surface area contributed by atoms with Crippen molar-refractivity contribution in [1.29, 1.82) is 0 Å². The second-order valence-corrected chi connectivity index (χ2v) is 8.69. The number of carbonyl (C=O) groups is 1.